The number of oxime groups is 1. The number of nitrogens with zero attached hydrogens (tertiary/aromatic N) is 3. The Kier molecular flexibility index (Phi) is 3.06. The number of aryl methyl sites for hydroxylation is 2. The van der Waals surface area contributed by atoms with Crippen molar-refractivity contribution in [2.24, 2.45) is 5.16 Å². The average Bonchev–Trinajstić information content (AvgIpc) is 2.46. The molecular weight excluding hydrogens is 166 g/mol. The van der Waals surface area contributed by atoms with Crippen LogP contribution in [0.25, 0.3) is 0 Å². The van der Waals surface area contributed by atoms with E-state index in [4.69, 9.17) is 5.21 Å². The highest BCUT2D eigenvalue weighted by Gasteiger charge is 2.07. The highest BCUT2D eigenvalue weighted by atomic mass is 16.4. The molecule has 0 fully saturated rings. The minimum atomic E-state index is 0.611. The van der Waals surface area contributed by atoms with Crippen molar-refractivity contribution >= 4 is 5.71 Å². The van der Waals surface area contributed by atoms with E-state index in [9.17, 15) is 0 Å². The van der Waals surface area contributed by atoms with Gasteiger partial charge in [-0.2, -0.15) is 5.10 Å². The monoisotopic (exact) mass is 181 g/mol. The van der Waals surface area contributed by atoms with Crippen molar-refractivity contribution < 1.29 is 5.21 Å². The van der Waals surface area contributed by atoms with Crippen LogP contribution in [0.3, 0.4) is 0 Å². The zero-order valence-corrected chi connectivity index (χ0v) is 8.28. The van der Waals surface area contributed by atoms with Crippen molar-refractivity contribution in [2.45, 2.75) is 33.7 Å². The molecule has 0 aliphatic rings. The van der Waals surface area contributed by atoms with Gasteiger partial charge in [0.15, 0.2) is 0 Å². The van der Waals surface area contributed by atoms with Crippen LogP contribution in [0, 0.1) is 6.92 Å². The lowest BCUT2D eigenvalue weighted by Gasteiger charge is -1.94. The van der Waals surface area contributed by atoms with E-state index in [1.165, 1.54) is 0 Å². The maximum Gasteiger partial charge on any atom is 0.0871 e. The van der Waals surface area contributed by atoms with Gasteiger partial charge in [0.05, 0.1) is 11.4 Å². The molecule has 1 aromatic rings. The smallest absolute Gasteiger partial charge is 0.0871 e. The molecule has 1 aromatic heterocycles. The number of rotatable bonds is 3. The Morgan fingerprint density at radius 1 is 1.69 bits per heavy atom. The van der Waals surface area contributed by atoms with Gasteiger partial charge in [-0.3, -0.25) is 4.68 Å². The molecule has 4 heteroatoms. The summed E-state index contributed by atoms with van der Waals surface area (Å²) in [6.07, 6.45) is 2.96. The summed E-state index contributed by atoms with van der Waals surface area (Å²) < 4.78 is 1.87. The highest BCUT2D eigenvalue weighted by molar-refractivity contribution is 5.98. The molecule has 1 heterocycles. The topological polar surface area (TPSA) is 50.4 Å². The minimum absolute atomic E-state index is 0.611. The molecule has 0 atom stereocenters. The summed E-state index contributed by atoms with van der Waals surface area (Å²) in [5.74, 6) is 0. The quantitative estimate of drug-likeness (QED) is 0.439. The first-order valence-corrected chi connectivity index (χ1v) is 4.42. The van der Waals surface area contributed by atoms with Gasteiger partial charge in [0.2, 0.25) is 0 Å². The normalized spacial score (nSPS) is 12.1. The van der Waals surface area contributed by atoms with E-state index in [0.29, 0.717) is 5.71 Å². The molecule has 0 bridgehead atoms. The minimum Gasteiger partial charge on any atom is -0.411 e. The molecule has 0 aliphatic carbocycles. The molecule has 0 radical (unpaired) electrons. The maximum atomic E-state index is 8.60. The Morgan fingerprint density at radius 3 is 2.92 bits per heavy atom. The summed E-state index contributed by atoms with van der Waals surface area (Å²) in [7, 11) is 0. The largest absolute Gasteiger partial charge is 0.411 e. The second-order valence-corrected chi connectivity index (χ2v) is 3.08. The fourth-order valence-corrected chi connectivity index (χ4v) is 1.27. The molecule has 0 spiro atoms. The summed E-state index contributed by atoms with van der Waals surface area (Å²) in [5.41, 5.74) is 2.43. The van der Waals surface area contributed by atoms with Gasteiger partial charge in [-0.15, -0.1) is 0 Å². The average molecular weight is 181 g/mol. The second-order valence-electron chi connectivity index (χ2n) is 3.08. The van der Waals surface area contributed by atoms with Gasteiger partial charge < -0.3 is 5.21 Å². The first-order valence-electron chi connectivity index (χ1n) is 4.42. The third-order valence-corrected chi connectivity index (χ3v) is 1.94. The third-order valence-electron chi connectivity index (χ3n) is 1.94. The predicted molar refractivity (Wildman–Crippen MR) is 51.3 cm³/mol. The van der Waals surface area contributed by atoms with E-state index in [1.807, 2.05) is 17.8 Å². The van der Waals surface area contributed by atoms with Crippen molar-refractivity contribution in [3.8, 4) is 0 Å². The van der Waals surface area contributed by atoms with E-state index in [0.717, 1.165) is 24.2 Å². The maximum absolute atomic E-state index is 8.60. The first kappa shape index (κ1) is 9.77. The fraction of sp³-hybridized carbons (Fsp3) is 0.556. The standard InChI is InChI=1S/C9H15N3O/c1-4-5-12-6-9(7(2)10-12)8(3)11-13/h6,13H,4-5H2,1-3H3. The fourth-order valence-electron chi connectivity index (χ4n) is 1.27. The zero-order chi connectivity index (χ0) is 9.84. The molecule has 0 amide bonds. The summed E-state index contributed by atoms with van der Waals surface area (Å²) in [6.45, 7) is 6.68. The van der Waals surface area contributed by atoms with E-state index >= 15 is 0 Å². The van der Waals surface area contributed by atoms with Crippen LogP contribution in [0.2, 0.25) is 0 Å². The van der Waals surface area contributed by atoms with Gasteiger partial charge >= 0.3 is 0 Å². The number of aromatic nitrogens is 2. The van der Waals surface area contributed by atoms with Crippen LogP contribution in [0.1, 0.15) is 31.5 Å². The van der Waals surface area contributed by atoms with Crippen molar-refractivity contribution in [1.82, 2.24) is 9.78 Å². The summed E-state index contributed by atoms with van der Waals surface area (Å²) >= 11 is 0. The Hall–Kier alpha value is -1.32. The predicted octanol–water partition coefficient (Wildman–Crippen LogP) is 1.80. The Bertz CT molecular complexity index is 315. The van der Waals surface area contributed by atoms with Gasteiger partial charge in [0.1, 0.15) is 0 Å². The number of hydrogen-bond donors (Lipinski definition) is 1. The summed E-state index contributed by atoms with van der Waals surface area (Å²) in [5, 5.41) is 16.1. The van der Waals surface area contributed by atoms with Crippen LogP contribution in [0.5, 0.6) is 0 Å². The van der Waals surface area contributed by atoms with Gasteiger partial charge in [0, 0.05) is 18.3 Å². The van der Waals surface area contributed by atoms with Gasteiger partial charge in [-0.25, -0.2) is 0 Å². The van der Waals surface area contributed by atoms with Crippen molar-refractivity contribution in [3.05, 3.63) is 17.5 Å². The lowest BCUT2D eigenvalue weighted by Crippen LogP contribution is -1.96. The van der Waals surface area contributed by atoms with Crippen LogP contribution in [-0.4, -0.2) is 20.7 Å². The molecule has 4 nitrogen and oxygen atoms in total. The van der Waals surface area contributed by atoms with Crippen LogP contribution >= 0.6 is 0 Å². The lowest BCUT2D eigenvalue weighted by atomic mass is 10.2. The molecular formula is C9H15N3O. The molecule has 0 saturated carbocycles. The van der Waals surface area contributed by atoms with Crippen LogP contribution in [-0.2, 0) is 6.54 Å². The Labute approximate surface area is 77.9 Å². The molecule has 72 valence electrons. The molecule has 0 unspecified atom stereocenters. The molecule has 0 aliphatic heterocycles. The van der Waals surface area contributed by atoms with Crippen LogP contribution in [0.15, 0.2) is 11.4 Å². The van der Waals surface area contributed by atoms with Crippen LogP contribution < -0.4 is 0 Å². The molecule has 13 heavy (non-hydrogen) atoms. The van der Waals surface area contributed by atoms with Gasteiger partial charge in [-0.1, -0.05) is 12.1 Å². The second kappa shape index (κ2) is 4.07. The van der Waals surface area contributed by atoms with Crippen molar-refractivity contribution in [1.29, 1.82) is 0 Å². The molecule has 1 N–H and O–H groups in total. The zero-order valence-electron chi connectivity index (χ0n) is 8.28. The van der Waals surface area contributed by atoms with E-state index in [1.54, 1.807) is 6.92 Å². The van der Waals surface area contributed by atoms with E-state index in [-0.39, 0.29) is 0 Å². The third kappa shape index (κ3) is 2.08. The van der Waals surface area contributed by atoms with Crippen molar-refractivity contribution in [2.75, 3.05) is 0 Å². The first-order chi connectivity index (χ1) is 6.19. The molecule has 0 saturated heterocycles. The molecule has 1 rings (SSSR count). The Morgan fingerprint density at radius 2 is 2.38 bits per heavy atom. The lowest BCUT2D eigenvalue weighted by molar-refractivity contribution is 0.319. The van der Waals surface area contributed by atoms with Gasteiger partial charge in [0.25, 0.3) is 0 Å². The number of hydrogen-bond acceptors (Lipinski definition) is 3. The van der Waals surface area contributed by atoms with Gasteiger partial charge in [-0.05, 0) is 20.3 Å². The van der Waals surface area contributed by atoms with E-state index in [2.05, 4.69) is 17.2 Å². The summed E-state index contributed by atoms with van der Waals surface area (Å²) in [6, 6.07) is 0. The van der Waals surface area contributed by atoms with E-state index < -0.39 is 0 Å². The Balaban J connectivity index is 2.96. The molecule has 0 aromatic carbocycles. The van der Waals surface area contributed by atoms with Crippen LogP contribution in [0.4, 0.5) is 0 Å². The highest BCUT2D eigenvalue weighted by Crippen LogP contribution is 2.07. The SMILES string of the molecule is CCCn1cc(C(C)=NO)c(C)n1. The van der Waals surface area contributed by atoms with Crippen molar-refractivity contribution in [3.63, 3.8) is 0 Å². The summed E-state index contributed by atoms with van der Waals surface area (Å²) in [4.78, 5) is 0.